The van der Waals surface area contributed by atoms with Crippen molar-refractivity contribution in [1.82, 2.24) is 4.98 Å². The fourth-order valence-corrected chi connectivity index (χ4v) is 2.23. The van der Waals surface area contributed by atoms with Crippen molar-refractivity contribution in [3.63, 3.8) is 0 Å². The summed E-state index contributed by atoms with van der Waals surface area (Å²) in [7, 11) is 1.66. The van der Waals surface area contributed by atoms with E-state index in [9.17, 15) is 0 Å². The second-order valence-corrected chi connectivity index (χ2v) is 4.70. The lowest BCUT2D eigenvalue weighted by Gasteiger charge is -2.05. The van der Waals surface area contributed by atoms with Crippen LogP contribution in [-0.2, 0) is 0 Å². The van der Waals surface area contributed by atoms with E-state index in [4.69, 9.17) is 16.3 Å². The first-order valence-corrected chi connectivity index (χ1v) is 6.35. The van der Waals surface area contributed by atoms with Crippen molar-refractivity contribution in [3.05, 3.63) is 59.6 Å². The molecule has 19 heavy (non-hydrogen) atoms. The van der Waals surface area contributed by atoms with E-state index < -0.39 is 0 Å². The monoisotopic (exact) mass is 269 g/mol. The summed E-state index contributed by atoms with van der Waals surface area (Å²) in [4.78, 5) is 4.65. The van der Waals surface area contributed by atoms with Crippen molar-refractivity contribution in [2.45, 2.75) is 0 Å². The summed E-state index contributed by atoms with van der Waals surface area (Å²) < 4.78 is 5.21. The molecule has 94 valence electrons. The first-order valence-electron chi connectivity index (χ1n) is 5.97. The molecular weight excluding hydrogens is 258 g/mol. The van der Waals surface area contributed by atoms with E-state index >= 15 is 0 Å². The van der Waals surface area contributed by atoms with Gasteiger partial charge in [-0.1, -0.05) is 29.8 Å². The number of hydrogen-bond donors (Lipinski definition) is 0. The second-order valence-electron chi connectivity index (χ2n) is 4.27. The van der Waals surface area contributed by atoms with Crippen LogP contribution in [0.25, 0.3) is 22.2 Å². The van der Waals surface area contributed by atoms with E-state index in [2.05, 4.69) is 4.98 Å². The SMILES string of the molecule is COc1ccc2nc(-c3cccc(Cl)c3)ccc2c1. The first kappa shape index (κ1) is 12.0. The van der Waals surface area contributed by atoms with Gasteiger partial charge in [-0.3, -0.25) is 0 Å². The lowest BCUT2D eigenvalue weighted by Crippen LogP contribution is -1.87. The summed E-state index contributed by atoms with van der Waals surface area (Å²) in [6.45, 7) is 0. The molecule has 0 fully saturated rings. The molecule has 0 aliphatic rings. The van der Waals surface area contributed by atoms with Gasteiger partial charge < -0.3 is 4.74 Å². The zero-order valence-electron chi connectivity index (χ0n) is 10.4. The minimum absolute atomic E-state index is 0.717. The summed E-state index contributed by atoms with van der Waals surface area (Å²) in [6.07, 6.45) is 0. The molecule has 0 aliphatic carbocycles. The number of nitrogens with zero attached hydrogens (tertiary/aromatic N) is 1. The summed E-state index contributed by atoms with van der Waals surface area (Å²) >= 11 is 6.01. The minimum Gasteiger partial charge on any atom is -0.497 e. The maximum atomic E-state index is 6.01. The number of fused-ring (bicyclic) bond motifs is 1. The van der Waals surface area contributed by atoms with Gasteiger partial charge in [-0.05, 0) is 36.4 Å². The number of pyridine rings is 1. The number of rotatable bonds is 2. The first-order chi connectivity index (χ1) is 9.26. The van der Waals surface area contributed by atoms with E-state index in [0.717, 1.165) is 27.9 Å². The van der Waals surface area contributed by atoms with Crippen LogP contribution in [0.3, 0.4) is 0 Å². The van der Waals surface area contributed by atoms with E-state index in [1.807, 2.05) is 54.6 Å². The quantitative estimate of drug-likeness (QED) is 0.680. The second kappa shape index (κ2) is 4.90. The van der Waals surface area contributed by atoms with E-state index in [0.29, 0.717) is 5.02 Å². The van der Waals surface area contributed by atoms with Gasteiger partial charge in [-0.25, -0.2) is 4.98 Å². The van der Waals surface area contributed by atoms with E-state index in [-0.39, 0.29) is 0 Å². The van der Waals surface area contributed by atoms with Gasteiger partial charge in [-0.2, -0.15) is 0 Å². The summed E-state index contributed by atoms with van der Waals surface area (Å²) in [5.41, 5.74) is 2.88. The Bertz CT molecular complexity index is 740. The van der Waals surface area contributed by atoms with Crippen LogP contribution in [0.5, 0.6) is 5.75 Å². The molecule has 0 aliphatic heterocycles. The smallest absolute Gasteiger partial charge is 0.119 e. The highest BCUT2D eigenvalue weighted by molar-refractivity contribution is 6.30. The highest BCUT2D eigenvalue weighted by Crippen LogP contribution is 2.25. The van der Waals surface area contributed by atoms with Crippen molar-refractivity contribution in [1.29, 1.82) is 0 Å². The Morgan fingerprint density at radius 1 is 1.00 bits per heavy atom. The molecule has 0 saturated carbocycles. The van der Waals surface area contributed by atoms with Gasteiger partial charge in [-0.15, -0.1) is 0 Å². The Kier molecular flexibility index (Phi) is 3.10. The summed E-state index contributed by atoms with van der Waals surface area (Å²) in [6, 6.07) is 17.6. The maximum Gasteiger partial charge on any atom is 0.119 e. The fourth-order valence-electron chi connectivity index (χ4n) is 2.04. The molecule has 3 heteroatoms. The number of halogens is 1. The number of aromatic nitrogens is 1. The Hall–Kier alpha value is -2.06. The highest BCUT2D eigenvalue weighted by Gasteiger charge is 2.03. The van der Waals surface area contributed by atoms with Gasteiger partial charge in [0.15, 0.2) is 0 Å². The van der Waals surface area contributed by atoms with Gasteiger partial charge in [0.05, 0.1) is 18.3 Å². The Balaban J connectivity index is 2.11. The molecule has 0 atom stereocenters. The van der Waals surface area contributed by atoms with Crippen molar-refractivity contribution in [3.8, 4) is 17.0 Å². The third-order valence-electron chi connectivity index (χ3n) is 3.02. The van der Waals surface area contributed by atoms with Crippen LogP contribution < -0.4 is 4.74 Å². The minimum atomic E-state index is 0.717. The van der Waals surface area contributed by atoms with Gasteiger partial charge >= 0.3 is 0 Å². The van der Waals surface area contributed by atoms with Crippen molar-refractivity contribution in [2.24, 2.45) is 0 Å². The average Bonchev–Trinajstić information content (AvgIpc) is 2.46. The molecule has 0 radical (unpaired) electrons. The third kappa shape index (κ3) is 2.40. The van der Waals surface area contributed by atoms with Crippen LogP contribution in [0.2, 0.25) is 5.02 Å². The maximum absolute atomic E-state index is 6.01. The predicted molar refractivity (Wildman–Crippen MR) is 78.7 cm³/mol. The van der Waals surface area contributed by atoms with E-state index in [1.54, 1.807) is 7.11 Å². The molecule has 2 nitrogen and oxygen atoms in total. The van der Waals surface area contributed by atoms with Crippen LogP contribution >= 0.6 is 11.6 Å². The third-order valence-corrected chi connectivity index (χ3v) is 3.25. The largest absolute Gasteiger partial charge is 0.497 e. The molecule has 1 heterocycles. The normalized spacial score (nSPS) is 10.6. The zero-order valence-corrected chi connectivity index (χ0v) is 11.2. The molecule has 2 aromatic carbocycles. The molecule has 0 amide bonds. The van der Waals surface area contributed by atoms with E-state index in [1.165, 1.54) is 0 Å². The topological polar surface area (TPSA) is 22.1 Å². The lowest BCUT2D eigenvalue weighted by atomic mass is 10.1. The van der Waals surface area contributed by atoms with Crippen LogP contribution in [0.4, 0.5) is 0 Å². The van der Waals surface area contributed by atoms with Gasteiger partial charge in [0.1, 0.15) is 5.75 Å². The van der Waals surface area contributed by atoms with Crippen LogP contribution in [0, 0.1) is 0 Å². The number of methoxy groups -OCH3 is 1. The fraction of sp³-hybridized carbons (Fsp3) is 0.0625. The standard InChI is InChI=1S/C16H12ClNO/c1-19-14-6-8-16-12(10-14)5-7-15(18-16)11-3-2-4-13(17)9-11/h2-10H,1H3. The molecule has 3 aromatic rings. The van der Waals surface area contributed by atoms with Gasteiger partial charge in [0.25, 0.3) is 0 Å². The van der Waals surface area contributed by atoms with Gasteiger partial charge in [0, 0.05) is 16.0 Å². The van der Waals surface area contributed by atoms with Crippen molar-refractivity contribution in [2.75, 3.05) is 7.11 Å². The summed E-state index contributed by atoms with van der Waals surface area (Å²) in [5.74, 6) is 0.838. The predicted octanol–water partition coefficient (Wildman–Crippen LogP) is 4.56. The molecule has 0 unspecified atom stereocenters. The molecule has 3 rings (SSSR count). The Morgan fingerprint density at radius 3 is 2.68 bits per heavy atom. The van der Waals surface area contributed by atoms with Crippen molar-refractivity contribution >= 4 is 22.5 Å². The Labute approximate surface area is 116 Å². The Morgan fingerprint density at radius 2 is 1.89 bits per heavy atom. The van der Waals surface area contributed by atoms with Gasteiger partial charge in [0.2, 0.25) is 0 Å². The highest BCUT2D eigenvalue weighted by atomic mass is 35.5. The summed E-state index contributed by atoms with van der Waals surface area (Å²) in [5, 5.41) is 1.78. The lowest BCUT2D eigenvalue weighted by molar-refractivity contribution is 0.415. The molecule has 0 bridgehead atoms. The van der Waals surface area contributed by atoms with Crippen molar-refractivity contribution < 1.29 is 4.74 Å². The molecule has 0 spiro atoms. The van der Waals surface area contributed by atoms with Crippen LogP contribution in [0.15, 0.2) is 54.6 Å². The zero-order chi connectivity index (χ0) is 13.2. The average molecular weight is 270 g/mol. The number of hydrogen-bond acceptors (Lipinski definition) is 2. The number of benzene rings is 2. The van der Waals surface area contributed by atoms with Crippen LogP contribution in [-0.4, -0.2) is 12.1 Å². The van der Waals surface area contributed by atoms with Crippen LogP contribution in [0.1, 0.15) is 0 Å². The molecular formula is C16H12ClNO. The number of ether oxygens (including phenoxy) is 1. The molecule has 0 saturated heterocycles. The molecule has 0 N–H and O–H groups in total. The molecule has 1 aromatic heterocycles.